The lowest BCUT2D eigenvalue weighted by Crippen LogP contribution is -2.38. The first kappa shape index (κ1) is 16.7. The van der Waals surface area contributed by atoms with Gasteiger partial charge in [-0.1, -0.05) is 45.2 Å². The second-order valence-electron chi connectivity index (χ2n) is 4.76. The second kappa shape index (κ2) is 7.56. The Morgan fingerprint density at radius 1 is 1.10 bits per heavy atom. The molecule has 21 heavy (non-hydrogen) atoms. The van der Waals surface area contributed by atoms with Crippen molar-refractivity contribution in [3.63, 3.8) is 0 Å². The number of hydrogen-bond acceptors (Lipinski definition) is 2. The Labute approximate surface area is 141 Å². The molecule has 0 aliphatic carbocycles. The van der Waals surface area contributed by atoms with E-state index in [2.05, 4.69) is 21.4 Å². The zero-order valence-corrected chi connectivity index (χ0v) is 14.1. The van der Waals surface area contributed by atoms with E-state index in [4.69, 9.17) is 29.0 Å². The van der Waals surface area contributed by atoms with Gasteiger partial charge in [-0.15, -0.1) is 0 Å². The van der Waals surface area contributed by atoms with Crippen LogP contribution in [0.25, 0.3) is 0 Å². The van der Waals surface area contributed by atoms with Gasteiger partial charge in [0.15, 0.2) is 0 Å². The third-order valence-electron chi connectivity index (χ3n) is 3.18. The van der Waals surface area contributed by atoms with E-state index in [1.807, 2.05) is 12.1 Å². The number of nitrogens with two attached hydrogens (primary N) is 1. The minimum atomic E-state index is -0.265. The molecule has 0 saturated carbocycles. The fourth-order valence-corrected chi connectivity index (χ4v) is 2.84. The van der Waals surface area contributed by atoms with Crippen LogP contribution in [0, 0.1) is 5.82 Å². The molecule has 0 aromatic heterocycles. The fourth-order valence-electron chi connectivity index (χ4n) is 2.11. The van der Waals surface area contributed by atoms with E-state index in [1.54, 1.807) is 12.1 Å². The Morgan fingerprint density at radius 3 is 2.52 bits per heavy atom. The summed E-state index contributed by atoms with van der Waals surface area (Å²) in [7, 11) is 0. The average Bonchev–Trinajstić information content (AvgIpc) is 2.46. The highest BCUT2D eigenvalue weighted by atomic mass is 79.9. The normalized spacial score (nSPS) is 12.4. The first-order chi connectivity index (χ1) is 9.99. The lowest BCUT2D eigenvalue weighted by atomic mass is 9.99. The summed E-state index contributed by atoms with van der Waals surface area (Å²) in [6.07, 6.45) is 1.26. The molecule has 1 unspecified atom stereocenters. The summed E-state index contributed by atoms with van der Waals surface area (Å²) < 4.78 is 14.2. The zero-order chi connectivity index (χ0) is 15.4. The molecule has 0 aliphatic rings. The fraction of sp³-hybridized carbons (Fsp3) is 0.200. The number of benzene rings is 2. The molecule has 0 spiro atoms. The van der Waals surface area contributed by atoms with Crippen molar-refractivity contribution in [1.82, 2.24) is 5.43 Å². The first-order valence-corrected chi connectivity index (χ1v) is 7.88. The van der Waals surface area contributed by atoms with Gasteiger partial charge in [0.1, 0.15) is 5.82 Å². The van der Waals surface area contributed by atoms with Gasteiger partial charge in [0.2, 0.25) is 0 Å². The van der Waals surface area contributed by atoms with Gasteiger partial charge >= 0.3 is 0 Å². The van der Waals surface area contributed by atoms with Crippen LogP contribution in [0.4, 0.5) is 4.39 Å². The molecule has 0 radical (unpaired) electrons. The molecule has 0 saturated heterocycles. The maximum absolute atomic E-state index is 13.3. The Morgan fingerprint density at radius 2 is 1.86 bits per heavy atom. The molecule has 0 amide bonds. The topological polar surface area (TPSA) is 38.0 Å². The smallest absolute Gasteiger partial charge is 0.123 e. The van der Waals surface area contributed by atoms with Gasteiger partial charge < -0.3 is 0 Å². The van der Waals surface area contributed by atoms with E-state index in [9.17, 15) is 4.39 Å². The molecular weight excluding hydrogens is 378 g/mol. The van der Waals surface area contributed by atoms with E-state index in [1.165, 1.54) is 12.1 Å². The lowest BCUT2D eigenvalue weighted by Gasteiger charge is -2.17. The predicted molar refractivity (Wildman–Crippen MR) is 89.1 cm³/mol. The number of nitrogens with one attached hydrogen (secondary N) is 1. The number of rotatable bonds is 5. The molecule has 3 N–H and O–H groups in total. The molecule has 2 aromatic carbocycles. The van der Waals surface area contributed by atoms with Crippen molar-refractivity contribution in [3.8, 4) is 0 Å². The summed E-state index contributed by atoms with van der Waals surface area (Å²) in [6, 6.07) is 10.0. The van der Waals surface area contributed by atoms with Crippen LogP contribution in [0.5, 0.6) is 0 Å². The SMILES string of the molecule is NNC(Cc1ccc(Cl)c(Cl)c1)Cc1cc(F)ccc1Br. The molecule has 0 bridgehead atoms. The molecule has 2 rings (SSSR count). The van der Waals surface area contributed by atoms with E-state index < -0.39 is 0 Å². The number of hydrazine groups is 1. The summed E-state index contributed by atoms with van der Waals surface area (Å²) >= 11 is 15.3. The zero-order valence-electron chi connectivity index (χ0n) is 11.0. The number of hydrogen-bond donors (Lipinski definition) is 2. The van der Waals surface area contributed by atoms with E-state index in [-0.39, 0.29) is 11.9 Å². The average molecular weight is 392 g/mol. The van der Waals surface area contributed by atoms with Crippen molar-refractivity contribution in [2.24, 2.45) is 5.84 Å². The van der Waals surface area contributed by atoms with Crippen molar-refractivity contribution >= 4 is 39.1 Å². The number of halogens is 4. The highest BCUT2D eigenvalue weighted by molar-refractivity contribution is 9.10. The van der Waals surface area contributed by atoms with Crippen molar-refractivity contribution in [1.29, 1.82) is 0 Å². The van der Waals surface area contributed by atoms with Crippen LogP contribution in [0.3, 0.4) is 0 Å². The molecule has 2 nitrogen and oxygen atoms in total. The van der Waals surface area contributed by atoms with Gasteiger partial charge in [-0.2, -0.15) is 0 Å². The molecular formula is C15H14BrCl2FN2. The molecule has 6 heteroatoms. The van der Waals surface area contributed by atoms with Gasteiger partial charge in [-0.25, -0.2) is 4.39 Å². The van der Waals surface area contributed by atoms with E-state index in [0.29, 0.717) is 22.9 Å². The highest BCUT2D eigenvalue weighted by Crippen LogP contribution is 2.24. The van der Waals surface area contributed by atoms with Gasteiger partial charge in [0.25, 0.3) is 0 Å². The minimum absolute atomic E-state index is 0.0413. The second-order valence-corrected chi connectivity index (χ2v) is 6.42. The third-order valence-corrected chi connectivity index (χ3v) is 4.69. The van der Waals surface area contributed by atoms with Gasteiger partial charge in [0, 0.05) is 10.5 Å². The Hall–Kier alpha value is -0.650. The van der Waals surface area contributed by atoms with Crippen LogP contribution >= 0.6 is 39.1 Å². The van der Waals surface area contributed by atoms with Gasteiger partial charge in [-0.3, -0.25) is 11.3 Å². The maximum Gasteiger partial charge on any atom is 0.123 e. The van der Waals surface area contributed by atoms with Crippen molar-refractivity contribution < 1.29 is 4.39 Å². The van der Waals surface area contributed by atoms with Crippen molar-refractivity contribution in [2.45, 2.75) is 18.9 Å². The Bertz CT molecular complexity index is 637. The molecule has 0 aliphatic heterocycles. The van der Waals surface area contributed by atoms with Crippen LogP contribution in [0.2, 0.25) is 10.0 Å². The third kappa shape index (κ3) is 4.66. The molecule has 1 atom stereocenters. The first-order valence-electron chi connectivity index (χ1n) is 6.33. The van der Waals surface area contributed by atoms with Crippen LogP contribution in [-0.2, 0) is 12.8 Å². The largest absolute Gasteiger partial charge is 0.271 e. The predicted octanol–water partition coefficient (Wildman–Crippen LogP) is 4.51. The highest BCUT2D eigenvalue weighted by Gasteiger charge is 2.12. The monoisotopic (exact) mass is 390 g/mol. The minimum Gasteiger partial charge on any atom is -0.271 e. The summed E-state index contributed by atoms with van der Waals surface area (Å²) in [6.45, 7) is 0. The Balaban J connectivity index is 2.12. The van der Waals surface area contributed by atoms with E-state index in [0.717, 1.165) is 15.6 Å². The molecule has 112 valence electrons. The lowest BCUT2D eigenvalue weighted by molar-refractivity contribution is 0.519. The molecule has 2 aromatic rings. The van der Waals surface area contributed by atoms with Gasteiger partial charge in [-0.05, 0) is 54.3 Å². The summed E-state index contributed by atoms with van der Waals surface area (Å²) in [5.74, 6) is 5.34. The van der Waals surface area contributed by atoms with Crippen LogP contribution < -0.4 is 11.3 Å². The van der Waals surface area contributed by atoms with Crippen molar-refractivity contribution in [3.05, 3.63) is 67.9 Å². The summed E-state index contributed by atoms with van der Waals surface area (Å²) in [5.41, 5.74) is 4.63. The maximum atomic E-state index is 13.3. The van der Waals surface area contributed by atoms with Crippen LogP contribution in [-0.4, -0.2) is 6.04 Å². The van der Waals surface area contributed by atoms with Crippen LogP contribution in [0.15, 0.2) is 40.9 Å². The quantitative estimate of drug-likeness (QED) is 0.581. The standard InChI is InChI=1S/C15H14BrCl2FN2/c16-13-3-2-11(19)7-10(13)8-12(21-20)5-9-1-4-14(17)15(18)6-9/h1-4,6-7,12,21H,5,8,20H2. The summed E-state index contributed by atoms with van der Waals surface area (Å²) in [5, 5.41) is 1.03. The molecule has 0 fully saturated rings. The van der Waals surface area contributed by atoms with Crippen molar-refractivity contribution in [2.75, 3.05) is 0 Å². The van der Waals surface area contributed by atoms with E-state index >= 15 is 0 Å². The Kier molecular flexibility index (Phi) is 6.02. The van der Waals surface area contributed by atoms with Gasteiger partial charge in [0.05, 0.1) is 10.0 Å². The summed E-state index contributed by atoms with van der Waals surface area (Å²) in [4.78, 5) is 0. The van der Waals surface area contributed by atoms with Crippen LogP contribution in [0.1, 0.15) is 11.1 Å². The molecule has 0 heterocycles.